The quantitative estimate of drug-likeness (QED) is 0.715. The maximum Gasteiger partial charge on any atom is 0.276 e. The first-order valence-corrected chi connectivity index (χ1v) is 5.80. The highest BCUT2D eigenvalue weighted by Crippen LogP contribution is 2.11. The number of nitrogens with one attached hydrogen (secondary N) is 2. The van der Waals surface area contributed by atoms with Crippen molar-refractivity contribution in [3.8, 4) is 0 Å². The summed E-state index contributed by atoms with van der Waals surface area (Å²) in [6.45, 7) is 3.30. The lowest BCUT2D eigenvalue weighted by Crippen LogP contribution is -2.59. The van der Waals surface area contributed by atoms with E-state index in [4.69, 9.17) is 4.52 Å². The second-order valence-corrected chi connectivity index (χ2v) is 4.16. The monoisotopic (exact) mass is 252 g/mol. The maximum absolute atomic E-state index is 12.2. The molecule has 2 amide bonds. The molecule has 1 saturated heterocycles. The lowest BCUT2D eigenvalue weighted by molar-refractivity contribution is -0.125. The first-order valence-electron chi connectivity index (χ1n) is 5.80. The summed E-state index contributed by atoms with van der Waals surface area (Å²) in [7, 11) is 1.56. The Morgan fingerprint density at radius 3 is 3.00 bits per heavy atom. The van der Waals surface area contributed by atoms with Gasteiger partial charge in [0.1, 0.15) is 11.8 Å². The Kier molecular flexibility index (Phi) is 3.61. The van der Waals surface area contributed by atoms with Crippen LogP contribution in [0, 0.1) is 6.92 Å². The molecule has 18 heavy (non-hydrogen) atoms. The Balaban J connectivity index is 2.18. The minimum Gasteiger partial charge on any atom is -0.361 e. The molecular formula is C11H16N4O3. The van der Waals surface area contributed by atoms with Gasteiger partial charge in [0.15, 0.2) is 5.69 Å². The van der Waals surface area contributed by atoms with Crippen molar-refractivity contribution in [2.45, 2.75) is 13.0 Å². The molecule has 0 spiro atoms. The second kappa shape index (κ2) is 5.18. The van der Waals surface area contributed by atoms with Crippen LogP contribution < -0.4 is 10.6 Å². The molecule has 0 bridgehead atoms. The highest BCUT2D eigenvalue weighted by Gasteiger charge is 2.33. The smallest absolute Gasteiger partial charge is 0.276 e. The first-order chi connectivity index (χ1) is 8.63. The number of rotatable bonds is 2. The van der Waals surface area contributed by atoms with Gasteiger partial charge in [0, 0.05) is 32.7 Å². The van der Waals surface area contributed by atoms with Crippen LogP contribution in [0.5, 0.6) is 0 Å². The molecular weight excluding hydrogens is 236 g/mol. The molecule has 7 nitrogen and oxygen atoms in total. The normalized spacial score (nSPS) is 19.7. The molecule has 1 unspecified atom stereocenters. The number of nitrogens with zero attached hydrogens (tertiary/aromatic N) is 2. The predicted octanol–water partition coefficient (Wildman–Crippen LogP) is -0.857. The highest BCUT2D eigenvalue weighted by molar-refractivity contribution is 5.96. The third-order valence-corrected chi connectivity index (χ3v) is 2.90. The second-order valence-electron chi connectivity index (χ2n) is 4.16. The van der Waals surface area contributed by atoms with E-state index < -0.39 is 6.04 Å². The zero-order valence-corrected chi connectivity index (χ0v) is 10.4. The number of aromatic nitrogens is 1. The van der Waals surface area contributed by atoms with E-state index in [1.54, 1.807) is 20.0 Å². The van der Waals surface area contributed by atoms with E-state index in [0.717, 1.165) is 0 Å². The van der Waals surface area contributed by atoms with Crippen molar-refractivity contribution >= 4 is 11.8 Å². The number of aryl methyl sites for hydroxylation is 1. The van der Waals surface area contributed by atoms with Gasteiger partial charge in [0.05, 0.1) is 0 Å². The predicted molar refractivity (Wildman–Crippen MR) is 63.0 cm³/mol. The van der Waals surface area contributed by atoms with Gasteiger partial charge in [-0.15, -0.1) is 0 Å². The minimum absolute atomic E-state index is 0.184. The van der Waals surface area contributed by atoms with Crippen LogP contribution in [0.3, 0.4) is 0 Å². The summed E-state index contributed by atoms with van der Waals surface area (Å²) in [4.78, 5) is 25.5. The Morgan fingerprint density at radius 1 is 1.61 bits per heavy atom. The molecule has 1 fully saturated rings. The van der Waals surface area contributed by atoms with Gasteiger partial charge in [-0.05, 0) is 6.92 Å². The molecule has 1 aliphatic heterocycles. The van der Waals surface area contributed by atoms with Crippen LogP contribution in [0.25, 0.3) is 0 Å². The molecule has 0 aliphatic carbocycles. The van der Waals surface area contributed by atoms with E-state index in [-0.39, 0.29) is 17.5 Å². The molecule has 1 atom stereocenters. The van der Waals surface area contributed by atoms with Crippen molar-refractivity contribution in [1.82, 2.24) is 20.7 Å². The highest BCUT2D eigenvalue weighted by atomic mass is 16.5. The molecule has 1 aliphatic rings. The van der Waals surface area contributed by atoms with E-state index >= 15 is 0 Å². The van der Waals surface area contributed by atoms with Crippen LogP contribution in [0.1, 0.15) is 16.2 Å². The molecule has 2 heterocycles. The summed E-state index contributed by atoms with van der Waals surface area (Å²) in [6.07, 6.45) is 0. The standard InChI is InChI=1S/C11H16N4O3/c1-7-5-8(14-18-7)11(17)15-4-3-13-6-9(15)10(16)12-2/h5,9,13H,3-4,6H2,1-2H3,(H,12,16). The van der Waals surface area contributed by atoms with Crippen LogP contribution in [0.15, 0.2) is 10.6 Å². The number of amides is 2. The van der Waals surface area contributed by atoms with E-state index in [9.17, 15) is 9.59 Å². The molecule has 7 heteroatoms. The van der Waals surface area contributed by atoms with Gasteiger partial charge in [0.2, 0.25) is 5.91 Å². The van der Waals surface area contributed by atoms with Crippen molar-refractivity contribution < 1.29 is 14.1 Å². The van der Waals surface area contributed by atoms with E-state index in [1.807, 2.05) is 0 Å². The summed E-state index contributed by atoms with van der Waals surface area (Å²) < 4.78 is 4.88. The average molecular weight is 252 g/mol. The van der Waals surface area contributed by atoms with Gasteiger partial charge < -0.3 is 20.1 Å². The van der Waals surface area contributed by atoms with Crippen molar-refractivity contribution in [3.63, 3.8) is 0 Å². The Hall–Kier alpha value is -1.89. The number of likely N-dealkylation sites (N-methyl/N-ethyl adjacent to an activating group) is 1. The van der Waals surface area contributed by atoms with Crippen LogP contribution in [-0.4, -0.2) is 54.6 Å². The number of carbonyl (C=O) groups is 2. The summed E-state index contributed by atoms with van der Waals surface area (Å²) in [6, 6.07) is 1.07. The van der Waals surface area contributed by atoms with Crippen LogP contribution in [0.2, 0.25) is 0 Å². The first kappa shape index (κ1) is 12.6. The molecule has 2 N–H and O–H groups in total. The maximum atomic E-state index is 12.2. The molecule has 0 aromatic carbocycles. The van der Waals surface area contributed by atoms with Crippen molar-refractivity contribution in [2.24, 2.45) is 0 Å². The third-order valence-electron chi connectivity index (χ3n) is 2.90. The lowest BCUT2D eigenvalue weighted by Gasteiger charge is -2.34. The molecule has 98 valence electrons. The fraction of sp³-hybridized carbons (Fsp3) is 0.545. The Morgan fingerprint density at radius 2 is 2.39 bits per heavy atom. The zero-order valence-electron chi connectivity index (χ0n) is 10.4. The van der Waals surface area contributed by atoms with Crippen LogP contribution >= 0.6 is 0 Å². The van der Waals surface area contributed by atoms with Gasteiger partial charge in [-0.25, -0.2) is 0 Å². The largest absolute Gasteiger partial charge is 0.361 e. The summed E-state index contributed by atoms with van der Waals surface area (Å²) in [5, 5.41) is 9.34. The van der Waals surface area contributed by atoms with Gasteiger partial charge in [-0.3, -0.25) is 9.59 Å². The molecule has 1 aromatic rings. The summed E-state index contributed by atoms with van der Waals surface area (Å²) in [5.41, 5.74) is 0.239. The van der Waals surface area contributed by atoms with E-state index in [2.05, 4.69) is 15.8 Å². The van der Waals surface area contributed by atoms with Gasteiger partial charge in [-0.1, -0.05) is 5.16 Å². The fourth-order valence-electron chi connectivity index (χ4n) is 1.96. The van der Waals surface area contributed by atoms with Crippen molar-refractivity contribution in [2.75, 3.05) is 26.7 Å². The van der Waals surface area contributed by atoms with Crippen LogP contribution in [0.4, 0.5) is 0 Å². The number of hydrogen-bond acceptors (Lipinski definition) is 5. The van der Waals surface area contributed by atoms with Gasteiger partial charge in [-0.2, -0.15) is 0 Å². The zero-order chi connectivity index (χ0) is 13.1. The lowest BCUT2D eigenvalue weighted by atomic mass is 10.1. The molecule has 1 aromatic heterocycles. The Bertz CT molecular complexity index is 457. The average Bonchev–Trinajstić information content (AvgIpc) is 2.83. The SMILES string of the molecule is CNC(=O)C1CNCCN1C(=O)c1cc(C)on1. The number of hydrogen-bond donors (Lipinski definition) is 2. The van der Waals surface area contributed by atoms with Crippen LogP contribution in [-0.2, 0) is 4.79 Å². The topological polar surface area (TPSA) is 87.5 Å². The fourth-order valence-corrected chi connectivity index (χ4v) is 1.96. The number of piperazine rings is 1. The summed E-state index contributed by atoms with van der Waals surface area (Å²) in [5.74, 6) is 0.114. The third kappa shape index (κ3) is 2.35. The van der Waals surface area contributed by atoms with Gasteiger partial charge in [0.25, 0.3) is 5.91 Å². The van der Waals surface area contributed by atoms with Crippen molar-refractivity contribution in [3.05, 3.63) is 17.5 Å². The van der Waals surface area contributed by atoms with E-state index in [1.165, 1.54) is 4.90 Å². The van der Waals surface area contributed by atoms with E-state index in [0.29, 0.717) is 25.4 Å². The number of carbonyl (C=O) groups excluding carboxylic acids is 2. The molecule has 2 rings (SSSR count). The molecule has 0 radical (unpaired) electrons. The summed E-state index contributed by atoms with van der Waals surface area (Å²) >= 11 is 0. The van der Waals surface area contributed by atoms with Crippen molar-refractivity contribution in [1.29, 1.82) is 0 Å². The molecule has 0 saturated carbocycles. The van der Waals surface area contributed by atoms with Gasteiger partial charge >= 0.3 is 0 Å². The minimum atomic E-state index is -0.506. The Labute approximate surface area is 104 Å².